The highest BCUT2D eigenvalue weighted by Gasteiger charge is 2.38. The summed E-state index contributed by atoms with van der Waals surface area (Å²) in [6.07, 6.45) is -3.31. The average molecular weight is 401 g/mol. The quantitative estimate of drug-likeness (QED) is 0.736. The summed E-state index contributed by atoms with van der Waals surface area (Å²) in [6.45, 7) is 6.17. The van der Waals surface area contributed by atoms with Gasteiger partial charge in [0.2, 0.25) is 5.95 Å². The van der Waals surface area contributed by atoms with Crippen LogP contribution in [0.25, 0.3) is 0 Å². The van der Waals surface area contributed by atoms with Gasteiger partial charge < -0.3 is 10.6 Å². The van der Waals surface area contributed by atoms with Crippen LogP contribution in [0.15, 0.2) is 30.5 Å². The van der Waals surface area contributed by atoms with Crippen LogP contribution in [-0.2, 0) is 6.18 Å². The minimum absolute atomic E-state index is 0.0542. The van der Waals surface area contributed by atoms with Crippen molar-refractivity contribution in [2.75, 3.05) is 11.9 Å². The van der Waals surface area contributed by atoms with E-state index in [2.05, 4.69) is 20.6 Å². The third kappa shape index (κ3) is 6.39. The number of rotatable bonds is 5. The topological polar surface area (TPSA) is 66.9 Å². The highest BCUT2D eigenvalue weighted by atomic mass is 35.5. The van der Waals surface area contributed by atoms with E-state index in [9.17, 15) is 18.0 Å². The zero-order chi connectivity index (χ0) is 20.2. The molecule has 0 saturated heterocycles. The van der Waals surface area contributed by atoms with Crippen molar-refractivity contribution in [1.29, 1.82) is 0 Å². The number of nitrogens with zero attached hydrogens (tertiary/aromatic N) is 2. The fraction of sp³-hybridized carbons (Fsp3) is 0.389. The number of anilines is 2. The maximum Gasteiger partial charge on any atom is 0.434 e. The second-order valence-electron chi connectivity index (χ2n) is 7.16. The summed E-state index contributed by atoms with van der Waals surface area (Å²) in [6, 6.07) is 6.38. The number of alkyl halides is 3. The lowest BCUT2D eigenvalue weighted by Gasteiger charge is -2.18. The average Bonchev–Trinajstić information content (AvgIpc) is 2.52. The molecular formula is C18H20ClF3N4O. The molecule has 9 heteroatoms. The predicted molar refractivity (Wildman–Crippen MR) is 98.2 cm³/mol. The van der Waals surface area contributed by atoms with Crippen LogP contribution in [-0.4, -0.2) is 22.4 Å². The molecule has 0 saturated carbocycles. The largest absolute Gasteiger partial charge is 0.434 e. The van der Waals surface area contributed by atoms with Crippen LogP contribution in [0.5, 0.6) is 0 Å². The SMILES string of the molecule is CC(C)(C)CCNC(=O)c1cnc(Nc2cccc(Cl)c2)nc1C(F)(F)F. The van der Waals surface area contributed by atoms with Crippen molar-refractivity contribution < 1.29 is 18.0 Å². The van der Waals surface area contributed by atoms with E-state index in [1.807, 2.05) is 20.8 Å². The first kappa shape index (κ1) is 21.0. The number of hydrogen-bond acceptors (Lipinski definition) is 4. The van der Waals surface area contributed by atoms with Gasteiger partial charge in [-0.25, -0.2) is 9.97 Å². The van der Waals surface area contributed by atoms with Gasteiger partial charge in [0, 0.05) is 23.5 Å². The van der Waals surface area contributed by atoms with E-state index in [1.165, 1.54) is 6.07 Å². The minimum Gasteiger partial charge on any atom is -0.352 e. The van der Waals surface area contributed by atoms with Gasteiger partial charge in [-0.3, -0.25) is 4.79 Å². The number of hydrogen-bond donors (Lipinski definition) is 2. The standard InChI is InChI=1S/C18H20ClF3N4O/c1-17(2,3)7-8-23-15(27)13-10-24-16(26-14(13)18(20,21)22)25-12-6-4-5-11(19)9-12/h4-6,9-10H,7-8H2,1-3H3,(H,23,27)(H,24,25,26). The first-order valence-corrected chi connectivity index (χ1v) is 8.58. The molecule has 146 valence electrons. The van der Waals surface area contributed by atoms with Crippen LogP contribution < -0.4 is 10.6 Å². The van der Waals surface area contributed by atoms with E-state index in [4.69, 9.17) is 11.6 Å². The van der Waals surface area contributed by atoms with Gasteiger partial charge >= 0.3 is 6.18 Å². The Labute approximate surface area is 160 Å². The minimum atomic E-state index is -4.80. The summed E-state index contributed by atoms with van der Waals surface area (Å²) in [5.74, 6) is -1.14. The van der Waals surface area contributed by atoms with E-state index in [-0.39, 0.29) is 17.9 Å². The summed E-state index contributed by atoms with van der Waals surface area (Å²) < 4.78 is 40.2. The van der Waals surface area contributed by atoms with Crippen LogP contribution >= 0.6 is 11.6 Å². The molecule has 2 rings (SSSR count). The molecule has 1 aromatic carbocycles. The molecule has 0 fully saturated rings. The normalized spacial score (nSPS) is 12.0. The van der Waals surface area contributed by atoms with Gasteiger partial charge in [0.25, 0.3) is 5.91 Å². The van der Waals surface area contributed by atoms with E-state index in [1.54, 1.807) is 18.2 Å². The summed E-state index contributed by atoms with van der Waals surface area (Å²) in [5.41, 5.74) is -1.54. The van der Waals surface area contributed by atoms with Gasteiger partial charge in [0.05, 0.1) is 5.56 Å². The maximum atomic E-state index is 13.4. The Morgan fingerprint density at radius 1 is 1.22 bits per heavy atom. The molecule has 0 atom stereocenters. The monoisotopic (exact) mass is 400 g/mol. The molecule has 1 amide bonds. The number of amides is 1. The van der Waals surface area contributed by atoms with Gasteiger partial charge in [-0.05, 0) is 30.0 Å². The van der Waals surface area contributed by atoms with E-state index < -0.39 is 23.3 Å². The van der Waals surface area contributed by atoms with Gasteiger partial charge in [-0.2, -0.15) is 13.2 Å². The number of carbonyl (C=O) groups excluding carboxylic acids is 1. The van der Waals surface area contributed by atoms with Crippen LogP contribution in [0.2, 0.25) is 5.02 Å². The van der Waals surface area contributed by atoms with Gasteiger partial charge in [0.15, 0.2) is 5.69 Å². The smallest absolute Gasteiger partial charge is 0.352 e. The predicted octanol–water partition coefficient (Wildman–Crippen LogP) is 5.06. The summed E-state index contributed by atoms with van der Waals surface area (Å²) in [5, 5.41) is 5.54. The fourth-order valence-corrected chi connectivity index (χ4v) is 2.36. The summed E-state index contributed by atoms with van der Waals surface area (Å²) in [4.78, 5) is 19.5. The first-order valence-electron chi connectivity index (χ1n) is 8.21. The number of benzene rings is 1. The third-order valence-electron chi connectivity index (χ3n) is 3.54. The number of halogens is 4. The van der Waals surface area contributed by atoms with E-state index >= 15 is 0 Å². The van der Waals surface area contributed by atoms with Crippen molar-refractivity contribution in [3.05, 3.63) is 46.7 Å². The third-order valence-corrected chi connectivity index (χ3v) is 3.78. The Kier molecular flexibility index (Phi) is 6.30. The molecule has 0 bridgehead atoms. The van der Waals surface area contributed by atoms with Crippen molar-refractivity contribution in [2.24, 2.45) is 5.41 Å². The second-order valence-corrected chi connectivity index (χ2v) is 7.59. The lowest BCUT2D eigenvalue weighted by atomic mass is 9.92. The Morgan fingerprint density at radius 2 is 1.93 bits per heavy atom. The van der Waals surface area contributed by atoms with Crippen molar-refractivity contribution in [2.45, 2.75) is 33.4 Å². The van der Waals surface area contributed by atoms with Crippen LogP contribution in [0.1, 0.15) is 43.2 Å². The Bertz CT molecular complexity index is 819. The van der Waals surface area contributed by atoms with Crippen LogP contribution in [0.4, 0.5) is 24.8 Å². The number of carbonyl (C=O) groups is 1. The van der Waals surface area contributed by atoms with Crippen LogP contribution in [0.3, 0.4) is 0 Å². The summed E-state index contributed by atoms with van der Waals surface area (Å²) in [7, 11) is 0. The molecule has 0 aliphatic carbocycles. The molecule has 0 unspecified atom stereocenters. The first-order chi connectivity index (χ1) is 12.5. The zero-order valence-corrected chi connectivity index (χ0v) is 15.9. The van der Waals surface area contributed by atoms with Gasteiger partial charge in [-0.15, -0.1) is 0 Å². The molecule has 0 radical (unpaired) electrons. The highest BCUT2D eigenvalue weighted by Crippen LogP contribution is 2.31. The molecule has 2 N–H and O–H groups in total. The number of nitrogens with one attached hydrogen (secondary N) is 2. The maximum absolute atomic E-state index is 13.4. The lowest BCUT2D eigenvalue weighted by Crippen LogP contribution is -2.30. The molecular weight excluding hydrogens is 381 g/mol. The Balaban J connectivity index is 2.24. The van der Waals surface area contributed by atoms with Gasteiger partial charge in [0.1, 0.15) is 0 Å². The molecule has 0 aliphatic rings. The molecule has 5 nitrogen and oxygen atoms in total. The Hall–Kier alpha value is -2.35. The molecule has 0 aliphatic heterocycles. The molecule has 1 aromatic heterocycles. The van der Waals surface area contributed by atoms with Crippen molar-refractivity contribution in [3.63, 3.8) is 0 Å². The molecule has 0 spiro atoms. The zero-order valence-electron chi connectivity index (χ0n) is 15.1. The van der Waals surface area contributed by atoms with E-state index in [0.29, 0.717) is 17.1 Å². The van der Waals surface area contributed by atoms with Gasteiger partial charge in [-0.1, -0.05) is 38.4 Å². The summed E-state index contributed by atoms with van der Waals surface area (Å²) >= 11 is 5.85. The van der Waals surface area contributed by atoms with Crippen LogP contribution in [0, 0.1) is 5.41 Å². The Morgan fingerprint density at radius 3 is 2.52 bits per heavy atom. The van der Waals surface area contributed by atoms with Crippen molar-refractivity contribution in [3.8, 4) is 0 Å². The molecule has 2 aromatic rings. The molecule has 27 heavy (non-hydrogen) atoms. The van der Waals surface area contributed by atoms with Crippen molar-refractivity contribution in [1.82, 2.24) is 15.3 Å². The second kappa shape index (κ2) is 8.12. The number of aromatic nitrogens is 2. The molecule has 1 heterocycles. The fourth-order valence-electron chi connectivity index (χ4n) is 2.17. The highest BCUT2D eigenvalue weighted by molar-refractivity contribution is 6.30. The lowest BCUT2D eigenvalue weighted by molar-refractivity contribution is -0.141. The van der Waals surface area contributed by atoms with Crippen molar-refractivity contribution >= 4 is 29.1 Å². The van der Waals surface area contributed by atoms with E-state index in [0.717, 1.165) is 6.20 Å².